The predicted octanol–water partition coefficient (Wildman–Crippen LogP) is 2.63. The molecule has 1 fully saturated rings. The Bertz CT molecular complexity index is 282. The van der Waals surface area contributed by atoms with Crippen molar-refractivity contribution in [1.29, 1.82) is 5.26 Å². The van der Waals surface area contributed by atoms with Gasteiger partial charge < -0.3 is 0 Å². The third-order valence-electron chi connectivity index (χ3n) is 3.65. The van der Waals surface area contributed by atoms with E-state index in [2.05, 4.69) is 38.7 Å². The maximum atomic E-state index is 9.10. The molecule has 0 aromatic rings. The van der Waals surface area contributed by atoms with Gasteiger partial charge in [0.1, 0.15) is 0 Å². The number of nitrogens with zero attached hydrogens (tertiary/aromatic N) is 2. The van der Waals surface area contributed by atoms with Crippen LogP contribution < -0.4 is 0 Å². The van der Waals surface area contributed by atoms with E-state index in [0.717, 1.165) is 17.8 Å². The fourth-order valence-corrected chi connectivity index (χ4v) is 2.64. The summed E-state index contributed by atoms with van der Waals surface area (Å²) in [7, 11) is 0. The molecular formula is C12H20N2S. The number of rotatable bonds is 2. The van der Waals surface area contributed by atoms with Gasteiger partial charge in [-0.05, 0) is 25.2 Å². The molecule has 15 heavy (non-hydrogen) atoms. The summed E-state index contributed by atoms with van der Waals surface area (Å²) in [4.78, 5) is 3.37. The second-order valence-corrected chi connectivity index (χ2v) is 5.07. The Labute approximate surface area is 98.3 Å². The Hall–Kier alpha value is -0.460. The van der Waals surface area contributed by atoms with E-state index in [9.17, 15) is 0 Å². The average molecular weight is 224 g/mol. The van der Waals surface area contributed by atoms with Crippen LogP contribution in [-0.2, 0) is 0 Å². The van der Waals surface area contributed by atoms with Gasteiger partial charge in [0.05, 0.1) is 12.1 Å². The summed E-state index contributed by atoms with van der Waals surface area (Å²) in [5.74, 6) is 1.07. The van der Waals surface area contributed by atoms with Crippen molar-refractivity contribution in [3.05, 3.63) is 0 Å². The number of nitriles is 1. The zero-order valence-corrected chi connectivity index (χ0v) is 10.8. The second-order valence-electron chi connectivity index (χ2n) is 4.59. The van der Waals surface area contributed by atoms with Gasteiger partial charge in [-0.15, -0.1) is 0 Å². The lowest BCUT2D eigenvalue weighted by Gasteiger charge is -2.43. The Balaban J connectivity index is 2.84. The Morgan fingerprint density at radius 1 is 1.53 bits per heavy atom. The number of hydrogen-bond acceptors (Lipinski definition) is 3. The molecule has 0 radical (unpaired) electrons. The third kappa shape index (κ3) is 2.38. The fraction of sp³-hybridized carbons (Fsp3) is 0.833. The minimum Gasteiger partial charge on any atom is -0.280 e. The van der Waals surface area contributed by atoms with Crippen molar-refractivity contribution < 1.29 is 0 Å². The van der Waals surface area contributed by atoms with Gasteiger partial charge in [-0.2, -0.15) is 5.26 Å². The molecule has 2 nitrogen and oxygen atoms in total. The van der Waals surface area contributed by atoms with Crippen LogP contribution in [0.5, 0.6) is 0 Å². The van der Waals surface area contributed by atoms with Crippen LogP contribution in [0.1, 0.15) is 34.1 Å². The van der Waals surface area contributed by atoms with Gasteiger partial charge in [-0.1, -0.05) is 33.0 Å². The highest BCUT2D eigenvalue weighted by molar-refractivity contribution is 7.80. The molecule has 3 heteroatoms. The Kier molecular flexibility index (Phi) is 4.24. The first-order valence-corrected chi connectivity index (χ1v) is 6.12. The summed E-state index contributed by atoms with van der Waals surface area (Å²) in [6.07, 6.45) is 0.880. The number of hydrogen-bond donors (Lipinski definition) is 0. The summed E-state index contributed by atoms with van der Waals surface area (Å²) in [5, 5.41) is 9.10. The van der Waals surface area contributed by atoms with Gasteiger partial charge in [0, 0.05) is 17.5 Å². The highest BCUT2D eigenvalue weighted by Crippen LogP contribution is 2.27. The molecule has 0 aromatic carbocycles. The van der Waals surface area contributed by atoms with Gasteiger partial charge in [0.15, 0.2) is 0 Å². The second kappa shape index (κ2) is 5.05. The minimum atomic E-state index is 0.0212. The Morgan fingerprint density at radius 2 is 2.13 bits per heavy atom. The quantitative estimate of drug-likeness (QED) is 0.675. The van der Waals surface area contributed by atoms with E-state index in [1.54, 1.807) is 0 Å². The van der Waals surface area contributed by atoms with Crippen LogP contribution in [0.15, 0.2) is 0 Å². The summed E-state index contributed by atoms with van der Waals surface area (Å²) >= 11 is 5.47. The van der Waals surface area contributed by atoms with Crippen molar-refractivity contribution in [2.75, 3.05) is 6.54 Å². The molecule has 0 amide bonds. The standard InChI is InChI=1S/C12H20N2S/c1-5-11(6-13)14-7-8(2)9(3)12(15)10(14)4/h8-11H,5,7H2,1-4H3. The number of piperidine rings is 1. The topological polar surface area (TPSA) is 27.0 Å². The van der Waals surface area contributed by atoms with E-state index >= 15 is 0 Å². The largest absolute Gasteiger partial charge is 0.280 e. The summed E-state index contributed by atoms with van der Waals surface area (Å²) in [6.45, 7) is 9.61. The van der Waals surface area contributed by atoms with Crippen molar-refractivity contribution in [2.24, 2.45) is 11.8 Å². The number of likely N-dealkylation sites (tertiary alicyclic amines) is 1. The first kappa shape index (κ1) is 12.6. The van der Waals surface area contributed by atoms with Gasteiger partial charge in [-0.3, -0.25) is 4.90 Å². The molecule has 4 unspecified atom stereocenters. The molecule has 84 valence electrons. The summed E-state index contributed by atoms with van der Waals surface area (Å²) in [5.41, 5.74) is 0. The molecule has 1 aliphatic rings. The minimum absolute atomic E-state index is 0.0212. The molecule has 0 aromatic heterocycles. The third-order valence-corrected chi connectivity index (χ3v) is 4.36. The lowest BCUT2D eigenvalue weighted by atomic mass is 9.83. The van der Waals surface area contributed by atoms with Crippen LogP contribution in [0.2, 0.25) is 0 Å². The zero-order valence-electron chi connectivity index (χ0n) is 10.0. The van der Waals surface area contributed by atoms with E-state index in [-0.39, 0.29) is 12.1 Å². The van der Waals surface area contributed by atoms with Crippen molar-refractivity contribution in [1.82, 2.24) is 4.90 Å². The molecule has 1 heterocycles. The van der Waals surface area contributed by atoms with E-state index in [0.29, 0.717) is 11.8 Å². The van der Waals surface area contributed by atoms with E-state index < -0.39 is 0 Å². The first-order chi connectivity index (χ1) is 7.02. The van der Waals surface area contributed by atoms with Crippen molar-refractivity contribution in [3.63, 3.8) is 0 Å². The van der Waals surface area contributed by atoms with Crippen molar-refractivity contribution in [2.45, 2.75) is 46.2 Å². The molecule has 4 atom stereocenters. The maximum Gasteiger partial charge on any atom is 0.0980 e. The molecule has 0 N–H and O–H groups in total. The zero-order chi connectivity index (χ0) is 11.6. The van der Waals surface area contributed by atoms with Gasteiger partial charge in [0.25, 0.3) is 0 Å². The van der Waals surface area contributed by atoms with Crippen molar-refractivity contribution >= 4 is 17.1 Å². The molecule has 1 rings (SSSR count). The maximum absolute atomic E-state index is 9.10. The van der Waals surface area contributed by atoms with E-state index in [4.69, 9.17) is 17.5 Å². The van der Waals surface area contributed by atoms with Gasteiger partial charge in [-0.25, -0.2) is 0 Å². The molecule has 1 aliphatic heterocycles. The van der Waals surface area contributed by atoms with E-state index in [1.807, 2.05) is 0 Å². The summed E-state index contributed by atoms with van der Waals surface area (Å²) in [6, 6.07) is 2.67. The molecule has 0 spiro atoms. The molecular weight excluding hydrogens is 204 g/mol. The van der Waals surface area contributed by atoms with E-state index in [1.165, 1.54) is 0 Å². The van der Waals surface area contributed by atoms with Crippen LogP contribution in [0.3, 0.4) is 0 Å². The SMILES string of the molecule is CCC(C#N)N1CC(C)C(C)C(=S)C1C. The fourth-order valence-electron chi connectivity index (χ4n) is 2.27. The van der Waals surface area contributed by atoms with Gasteiger partial charge in [0.2, 0.25) is 0 Å². The molecule has 0 aliphatic carbocycles. The molecule has 0 saturated carbocycles. The Morgan fingerprint density at radius 3 is 2.60 bits per heavy atom. The van der Waals surface area contributed by atoms with Crippen LogP contribution in [-0.4, -0.2) is 28.4 Å². The number of thiocarbonyl (C=S) groups is 1. The lowest BCUT2D eigenvalue weighted by molar-refractivity contribution is 0.146. The summed E-state index contributed by atoms with van der Waals surface area (Å²) < 4.78 is 0. The smallest absolute Gasteiger partial charge is 0.0980 e. The van der Waals surface area contributed by atoms with Gasteiger partial charge >= 0.3 is 0 Å². The predicted molar refractivity (Wildman–Crippen MR) is 66.8 cm³/mol. The monoisotopic (exact) mass is 224 g/mol. The van der Waals surface area contributed by atoms with Crippen LogP contribution in [0.25, 0.3) is 0 Å². The van der Waals surface area contributed by atoms with Crippen LogP contribution in [0.4, 0.5) is 0 Å². The normalized spacial score (nSPS) is 34.9. The van der Waals surface area contributed by atoms with Crippen LogP contribution in [0, 0.1) is 23.2 Å². The lowest BCUT2D eigenvalue weighted by Crippen LogP contribution is -2.54. The van der Waals surface area contributed by atoms with Crippen LogP contribution >= 0.6 is 12.2 Å². The molecule has 0 bridgehead atoms. The average Bonchev–Trinajstić information content (AvgIpc) is 2.24. The highest BCUT2D eigenvalue weighted by Gasteiger charge is 2.35. The highest BCUT2D eigenvalue weighted by atomic mass is 32.1. The first-order valence-electron chi connectivity index (χ1n) is 5.72. The van der Waals surface area contributed by atoms with Crippen molar-refractivity contribution in [3.8, 4) is 6.07 Å². The molecule has 1 saturated heterocycles.